The highest BCUT2D eigenvalue weighted by Crippen LogP contribution is 2.30. The first kappa shape index (κ1) is 18.2. The average Bonchev–Trinajstić information content (AvgIpc) is 2.67. The number of rotatable bonds is 5. The van der Waals surface area contributed by atoms with Crippen LogP contribution in [-0.4, -0.2) is 12.5 Å². The number of benzene rings is 3. The van der Waals surface area contributed by atoms with Gasteiger partial charge in [-0.2, -0.15) is 5.26 Å². The maximum absolute atomic E-state index is 12.6. The van der Waals surface area contributed by atoms with Crippen molar-refractivity contribution in [2.75, 3.05) is 11.9 Å². The lowest BCUT2D eigenvalue weighted by molar-refractivity contribution is -0.112. The van der Waals surface area contributed by atoms with E-state index in [1.165, 1.54) is 0 Å². The van der Waals surface area contributed by atoms with Gasteiger partial charge in [-0.05, 0) is 54.5 Å². The zero-order chi connectivity index (χ0) is 19.2. The number of aryl methyl sites for hydroxylation is 1. The number of fused-ring (bicyclic) bond motifs is 1. The molecule has 4 heteroatoms. The van der Waals surface area contributed by atoms with Gasteiger partial charge in [-0.25, -0.2) is 0 Å². The van der Waals surface area contributed by atoms with Gasteiger partial charge in [0.05, 0.1) is 6.61 Å². The second-order valence-corrected chi connectivity index (χ2v) is 6.12. The first-order chi connectivity index (χ1) is 13.1. The SMILES string of the molecule is CCOc1ccc2ccccc2c1/C=C(\C#N)C(=O)Nc1cccc(C)c1. The molecule has 0 saturated carbocycles. The van der Waals surface area contributed by atoms with E-state index in [2.05, 4.69) is 5.32 Å². The number of hydrogen-bond donors (Lipinski definition) is 1. The van der Waals surface area contributed by atoms with Gasteiger partial charge < -0.3 is 10.1 Å². The molecule has 0 atom stereocenters. The predicted octanol–water partition coefficient (Wildman–Crippen LogP) is 5.09. The first-order valence-electron chi connectivity index (χ1n) is 8.76. The topological polar surface area (TPSA) is 62.1 Å². The molecular formula is C23H20N2O2. The predicted molar refractivity (Wildman–Crippen MR) is 109 cm³/mol. The van der Waals surface area contributed by atoms with E-state index < -0.39 is 5.91 Å². The third-order valence-corrected chi connectivity index (χ3v) is 4.16. The lowest BCUT2D eigenvalue weighted by atomic mass is 10.0. The lowest BCUT2D eigenvalue weighted by Gasteiger charge is -2.11. The number of ether oxygens (including phenoxy) is 1. The van der Waals surface area contributed by atoms with Crippen LogP contribution in [0.4, 0.5) is 5.69 Å². The quantitative estimate of drug-likeness (QED) is 0.511. The van der Waals surface area contributed by atoms with Crippen LogP contribution in [0.3, 0.4) is 0 Å². The molecule has 0 heterocycles. The summed E-state index contributed by atoms with van der Waals surface area (Å²) in [7, 11) is 0. The van der Waals surface area contributed by atoms with E-state index in [1.54, 1.807) is 12.1 Å². The molecule has 3 aromatic rings. The summed E-state index contributed by atoms with van der Waals surface area (Å²) in [6.45, 7) is 4.34. The van der Waals surface area contributed by atoms with Crippen LogP contribution >= 0.6 is 0 Å². The number of nitriles is 1. The lowest BCUT2D eigenvalue weighted by Crippen LogP contribution is -2.13. The van der Waals surface area contributed by atoms with Gasteiger partial charge in [0, 0.05) is 11.3 Å². The number of amides is 1. The largest absolute Gasteiger partial charge is 0.493 e. The van der Waals surface area contributed by atoms with E-state index >= 15 is 0 Å². The molecule has 1 amide bonds. The Morgan fingerprint density at radius 1 is 1.15 bits per heavy atom. The second kappa shape index (κ2) is 8.20. The minimum atomic E-state index is -0.446. The van der Waals surface area contributed by atoms with Crippen molar-refractivity contribution >= 4 is 28.4 Å². The summed E-state index contributed by atoms with van der Waals surface area (Å²) >= 11 is 0. The number of carbonyl (C=O) groups is 1. The standard InChI is InChI=1S/C23H20N2O2/c1-3-27-22-12-11-17-8-4-5-10-20(17)21(22)14-18(15-24)23(26)25-19-9-6-7-16(2)13-19/h4-14H,3H2,1-2H3,(H,25,26)/b18-14+. The van der Waals surface area contributed by atoms with Crippen LogP contribution < -0.4 is 10.1 Å². The van der Waals surface area contributed by atoms with Crippen molar-refractivity contribution in [2.45, 2.75) is 13.8 Å². The summed E-state index contributed by atoms with van der Waals surface area (Å²) in [5, 5.41) is 14.3. The van der Waals surface area contributed by atoms with Gasteiger partial charge in [-0.15, -0.1) is 0 Å². The van der Waals surface area contributed by atoms with Crippen LogP contribution in [0.5, 0.6) is 5.75 Å². The molecule has 0 aliphatic carbocycles. The molecule has 0 aromatic heterocycles. The summed E-state index contributed by atoms with van der Waals surface area (Å²) in [5.74, 6) is 0.200. The third kappa shape index (κ3) is 4.16. The fourth-order valence-corrected chi connectivity index (χ4v) is 2.92. The van der Waals surface area contributed by atoms with Crippen LogP contribution in [0.2, 0.25) is 0 Å². The number of nitrogens with zero attached hydrogens (tertiary/aromatic N) is 1. The molecule has 134 valence electrons. The Kier molecular flexibility index (Phi) is 5.53. The number of hydrogen-bond acceptors (Lipinski definition) is 3. The molecule has 0 radical (unpaired) electrons. The highest BCUT2D eigenvalue weighted by Gasteiger charge is 2.13. The summed E-state index contributed by atoms with van der Waals surface area (Å²) < 4.78 is 5.72. The van der Waals surface area contributed by atoms with Crippen LogP contribution in [0.1, 0.15) is 18.1 Å². The Bertz CT molecular complexity index is 1060. The van der Waals surface area contributed by atoms with Crippen LogP contribution in [0.15, 0.2) is 66.2 Å². The summed E-state index contributed by atoms with van der Waals surface area (Å²) in [6, 6.07) is 21.1. The van der Waals surface area contributed by atoms with Crippen molar-refractivity contribution in [1.82, 2.24) is 0 Å². The summed E-state index contributed by atoms with van der Waals surface area (Å²) in [5.41, 5.74) is 2.44. The minimum absolute atomic E-state index is 0.0220. The Labute approximate surface area is 158 Å². The molecule has 3 rings (SSSR count). The Hall–Kier alpha value is -3.58. The van der Waals surface area contributed by atoms with Gasteiger partial charge >= 0.3 is 0 Å². The number of nitrogens with one attached hydrogen (secondary N) is 1. The summed E-state index contributed by atoms with van der Waals surface area (Å²) in [6.07, 6.45) is 1.60. The molecular weight excluding hydrogens is 336 g/mol. The van der Waals surface area contributed by atoms with E-state index in [0.29, 0.717) is 18.0 Å². The van der Waals surface area contributed by atoms with Gasteiger partial charge in [0.1, 0.15) is 17.4 Å². The van der Waals surface area contributed by atoms with Gasteiger partial charge in [0.15, 0.2) is 0 Å². The molecule has 0 aliphatic rings. The van der Waals surface area contributed by atoms with Crippen molar-refractivity contribution in [3.05, 3.63) is 77.4 Å². The molecule has 1 N–H and O–H groups in total. The third-order valence-electron chi connectivity index (χ3n) is 4.16. The zero-order valence-corrected chi connectivity index (χ0v) is 15.3. The van der Waals surface area contributed by atoms with E-state index in [4.69, 9.17) is 4.74 Å². The highest BCUT2D eigenvalue weighted by atomic mass is 16.5. The molecule has 0 saturated heterocycles. The zero-order valence-electron chi connectivity index (χ0n) is 15.3. The Balaban J connectivity index is 2.03. The van der Waals surface area contributed by atoms with E-state index in [0.717, 1.165) is 21.9 Å². The normalized spacial score (nSPS) is 11.1. The second-order valence-electron chi connectivity index (χ2n) is 6.12. The van der Waals surface area contributed by atoms with E-state index in [-0.39, 0.29) is 5.57 Å². The fourth-order valence-electron chi connectivity index (χ4n) is 2.92. The maximum Gasteiger partial charge on any atom is 0.266 e. The minimum Gasteiger partial charge on any atom is -0.493 e. The smallest absolute Gasteiger partial charge is 0.266 e. The molecule has 4 nitrogen and oxygen atoms in total. The molecule has 0 bridgehead atoms. The summed E-state index contributed by atoms with van der Waals surface area (Å²) in [4.78, 5) is 12.6. The molecule has 0 aliphatic heterocycles. The van der Waals surface area contributed by atoms with Crippen molar-refractivity contribution in [3.63, 3.8) is 0 Å². The molecule has 27 heavy (non-hydrogen) atoms. The van der Waals surface area contributed by atoms with Crippen molar-refractivity contribution in [3.8, 4) is 11.8 Å². The van der Waals surface area contributed by atoms with Gasteiger partial charge in [-0.1, -0.05) is 42.5 Å². The fraction of sp³-hybridized carbons (Fsp3) is 0.130. The van der Waals surface area contributed by atoms with Gasteiger partial charge in [0.2, 0.25) is 0 Å². The Morgan fingerprint density at radius 3 is 2.70 bits per heavy atom. The Morgan fingerprint density at radius 2 is 1.96 bits per heavy atom. The van der Waals surface area contributed by atoms with Crippen LogP contribution in [-0.2, 0) is 4.79 Å². The average molecular weight is 356 g/mol. The van der Waals surface area contributed by atoms with E-state index in [9.17, 15) is 10.1 Å². The van der Waals surface area contributed by atoms with Gasteiger partial charge in [-0.3, -0.25) is 4.79 Å². The number of carbonyl (C=O) groups excluding carboxylic acids is 1. The number of anilines is 1. The molecule has 0 fully saturated rings. The van der Waals surface area contributed by atoms with Crippen molar-refractivity contribution in [2.24, 2.45) is 0 Å². The van der Waals surface area contributed by atoms with Crippen LogP contribution in [0, 0.1) is 18.3 Å². The van der Waals surface area contributed by atoms with E-state index in [1.807, 2.05) is 74.5 Å². The van der Waals surface area contributed by atoms with Crippen molar-refractivity contribution in [1.29, 1.82) is 5.26 Å². The molecule has 0 unspecified atom stereocenters. The molecule has 0 spiro atoms. The van der Waals surface area contributed by atoms with Gasteiger partial charge in [0.25, 0.3) is 5.91 Å². The van der Waals surface area contributed by atoms with Crippen LogP contribution in [0.25, 0.3) is 16.8 Å². The monoisotopic (exact) mass is 356 g/mol. The van der Waals surface area contributed by atoms with Crippen molar-refractivity contribution < 1.29 is 9.53 Å². The highest BCUT2D eigenvalue weighted by molar-refractivity contribution is 6.11. The molecule has 3 aromatic carbocycles. The first-order valence-corrected chi connectivity index (χ1v) is 8.76. The maximum atomic E-state index is 12.6.